The highest BCUT2D eigenvalue weighted by Gasteiger charge is 2.10. The van der Waals surface area contributed by atoms with Gasteiger partial charge in [-0.2, -0.15) is 0 Å². The van der Waals surface area contributed by atoms with Crippen LogP contribution in [0.2, 0.25) is 0 Å². The maximum absolute atomic E-state index is 11.7. The predicted molar refractivity (Wildman–Crippen MR) is 128 cm³/mol. The summed E-state index contributed by atoms with van der Waals surface area (Å²) in [5.74, 6) is 2.34. The molecule has 0 saturated carbocycles. The van der Waals surface area contributed by atoms with Crippen LogP contribution in [0.1, 0.15) is 63.1 Å². The van der Waals surface area contributed by atoms with E-state index >= 15 is 0 Å². The van der Waals surface area contributed by atoms with Gasteiger partial charge in [-0.15, -0.1) is 0 Å². The lowest BCUT2D eigenvalue weighted by Gasteiger charge is -2.14. The summed E-state index contributed by atoms with van der Waals surface area (Å²) in [5.41, 5.74) is 3.54. The SMILES string of the molecule is CCCCOc1cc(CCC(=O)OCC)ccc1CCCc1ccc(OCC)c(OC)c1. The Bertz CT molecular complexity index is 831. The van der Waals surface area contributed by atoms with Crippen molar-refractivity contribution in [2.24, 2.45) is 0 Å². The molecule has 0 amide bonds. The highest BCUT2D eigenvalue weighted by atomic mass is 16.5. The molecule has 0 aliphatic heterocycles. The van der Waals surface area contributed by atoms with Crippen LogP contribution in [0.4, 0.5) is 0 Å². The number of aryl methyl sites for hydroxylation is 3. The number of methoxy groups -OCH3 is 1. The summed E-state index contributed by atoms with van der Waals surface area (Å²) in [6.45, 7) is 7.70. The maximum Gasteiger partial charge on any atom is 0.306 e. The summed E-state index contributed by atoms with van der Waals surface area (Å²) in [5, 5.41) is 0. The second kappa shape index (κ2) is 14.4. The number of esters is 1. The molecule has 0 heterocycles. The average molecular weight is 443 g/mol. The molecule has 2 aromatic carbocycles. The molecule has 0 N–H and O–H groups in total. The molecule has 5 nitrogen and oxygen atoms in total. The molecular weight excluding hydrogens is 404 g/mol. The van der Waals surface area contributed by atoms with E-state index in [-0.39, 0.29) is 5.97 Å². The monoisotopic (exact) mass is 442 g/mol. The molecule has 0 aliphatic rings. The Kier molecular flexibility index (Phi) is 11.5. The van der Waals surface area contributed by atoms with E-state index in [0.717, 1.165) is 54.9 Å². The summed E-state index contributed by atoms with van der Waals surface area (Å²) < 4.78 is 22.2. The third-order valence-electron chi connectivity index (χ3n) is 5.25. The van der Waals surface area contributed by atoms with Crippen LogP contribution in [-0.2, 0) is 28.8 Å². The molecule has 0 aliphatic carbocycles. The maximum atomic E-state index is 11.7. The Morgan fingerprint density at radius 3 is 2.25 bits per heavy atom. The van der Waals surface area contributed by atoms with Crippen molar-refractivity contribution in [1.82, 2.24) is 0 Å². The van der Waals surface area contributed by atoms with Gasteiger partial charge in [0.05, 0.1) is 26.9 Å². The minimum absolute atomic E-state index is 0.157. The van der Waals surface area contributed by atoms with E-state index in [1.165, 1.54) is 11.1 Å². The van der Waals surface area contributed by atoms with Crippen LogP contribution >= 0.6 is 0 Å². The number of benzene rings is 2. The number of carbonyl (C=O) groups excluding carboxylic acids is 1. The van der Waals surface area contributed by atoms with Crippen molar-refractivity contribution in [1.29, 1.82) is 0 Å². The standard InChI is InChI=1S/C27H38O5/c1-5-8-18-32-25-19-22(14-17-27(28)31-7-3)12-15-23(25)11-9-10-21-13-16-24(30-6-2)26(20-21)29-4/h12-13,15-16,19-20H,5-11,14,17-18H2,1-4H3. The number of hydrogen-bond donors (Lipinski definition) is 0. The van der Waals surface area contributed by atoms with E-state index in [9.17, 15) is 4.79 Å². The molecule has 0 fully saturated rings. The summed E-state index contributed by atoms with van der Waals surface area (Å²) in [4.78, 5) is 11.7. The molecule has 0 saturated heterocycles. The van der Waals surface area contributed by atoms with Crippen LogP contribution in [0.3, 0.4) is 0 Å². The first kappa shape index (κ1) is 25.6. The first-order chi connectivity index (χ1) is 15.6. The third-order valence-corrected chi connectivity index (χ3v) is 5.25. The van der Waals surface area contributed by atoms with Crippen LogP contribution in [0.5, 0.6) is 17.2 Å². The molecular formula is C27H38O5. The lowest BCUT2D eigenvalue weighted by atomic mass is 10.0. The van der Waals surface area contributed by atoms with Crippen molar-refractivity contribution < 1.29 is 23.7 Å². The Hall–Kier alpha value is -2.69. The molecule has 0 aromatic heterocycles. The molecule has 0 radical (unpaired) electrons. The Labute approximate surface area is 193 Å². The van der Waals surface area contributed by atoms with Gasteiger partial charge in [-0.3, -0.25) is 4.79 Å². The topological polar surface area (TPSA) is 54.0 Å². The van der Waals surface area contributed by atoms with Crippen molar-refractivity contribution in [2.45, 2.75) is 65.7 Å². The molecule has 0 unspecified atom stereocenters. The first-order valence-corrected chi connectivity index (χ1v) is 11.8. The van der Waals surface area contributed by atoms with Gasteiger partial charge in [0.2, 0.25) is 0 Å². The molecule has 5 heteroatoms. The van der Waals surface area contributed by atoms with E-state index in [1.807, 2.05) is 19.9 Å². The van der Waals surface area contributed by atoms with Crippen molar-refractivity contribution >= 4 is 5.97 Å². The van der Waals surface area contributed by atoms with Crippen LogP contribution in [0.25, 0.3) is 0 Å². The van der Waals surface area contributed by atoms with Gasteiger partial charge in [0.15, 0.2) is 11.5 Å². The zero-order chi connectivity index (χ0) is 23.2. The number of hydrogen-bond acceptors (Lipinski definition) is 5. The van der Waals surface area contributed by atoms with Gasteiger partial charge in [-0.25, -0.2) is 0 Å². The van der Waals surface area contributed by atoms with Crippen LogP contribution in [0, 0.1) is 0 Å². The van der Waals surface area contributed by atoms with Crippen LogP contribution in [-0.4, -0.2) is 32.9 Å². The smallest absolute Gasteiger partial charge is 0.306 e. The number of ether oxygens (including phenoxy) is 4. The van der Waals surface area contributed by atoms with E-state index < -0.39 is 0 Å². The lowest BCUT2D eigenvalue weighted by Crippen LogP contribution is -2.06. The molecule has 2 aromatic rings. The lowest BCUT2D eigenvalue weighted by molar-refractivity contribution is -0.143. The second-order valence-corrected chi connectivity index (χ2v) is 7.72. The van der Waals surface area contributed by atoms with E-state index in [1.54, 1.807) is 7.11 Å². The van der Waals surface area contributed by atoms with Crippen molar-refractivity contribution in [3.05, 3.63) is 53.1 Å². The summed E-state index contributed by atoms with van der Waals surface area (Å²) in [7, 11) is 1.67. The largest absolute Gasteiger partial charge is 0.493 e. The van der Waals surface area contributed by atoms with Crippen LogP contribution in [0.15, 0.2) is 36.4 Å². The van der Waals surface area contributed by atoms with Gasteiger partial charge in [0.1, 0.15) is 5.75 Å². The van der Waals surface area contributed by atoms with Gasteiger partial charge in [0.25, 0.3) is 0 Å². The zero-order valence-electron chi connectivity index (χ0n) is 20.1. The molecule has 0 bridgehead atoms. The number of unbranched alkanes of at least 4 members (excludes halogenated alkanes) is 1. The molecule has 32 heavy (non-hydrogen) atoms. The van der Waals surface area contributed by atoms with Gasteiger partial charge in [-0.05, 0) is 80.8 Å². The van der Waals surface area contributed by atoms with Gasteiger partial charge in [0, 0.05) is 6.42 Å². The molecule has 2 rings (SSSR count). The molecule has 0 spiro atoms. The minimum atomic E-state index is -0.157. The Morgan fingerprint density at radius 2 is 1.53 bits per heavy atom. The van der Waals surface area contributed by atoms with Crippen LogP contribution < -0.4 is 14.2 Å². The van der Waals surface area contributed by atoms with E-state index in [2.05, 4.69) is 37.3 Å². The van der Waals surface area contributed by atoms with Crippen molar-refractivity contribution in [2.75, 3.05) is 26.9 Å². The number of rotatable bonds is 15. The van der Waals surface area contributed by atoms with E-state index in [0.29, 0.717) is 32.7 Å². The first-order valence-electron chi connectivity index (χ1n) is 11.8. The van der Waals surface area contributed by atoms with Gasteiger partial charge in [-0.1, -0.05) is 31.5 Å². The highest BCUT2D eigenvalue weighted by molar-refractivity contribution is 5.69. The number of carbonyl (C=O) groups is 1. The van der Waals surface area contributed by atoms with Gasteiger partial charge < -0.3 is 18.9 Å². The fraction of sp³-hybridized carbons (Fsp3) is 0.519. The van der Waals surface area contributed by atoms with Crippen molar-refractivity contribution in [3.8, 4) is 17.2 Å². The summed E-state index contributed by atoms with van der Waals surface area (Å²) in [6.07, 6.45) is 6.05. The molecule has 176 valence electrons. The van der Waals surface area contributed by atoms with Gasteiger partial charge >= 0.3 is 5.97 Å². The Morgan fingerprint density at radius 1 is 0.781 bits per heavy atom. The zero-order valence-corrected chi connectivity index (χ0v) is 20.1. The minimum Gasteiger partial charge on any atom is -0.493 e. The normalized spacial score (nSPS) is 10.6. The fourth-order valence-corrected chi connectivity index (χ4v) is 3.53. The van der Waals surface area contributed by atoms with Crippen molar-refractivity contribution in [3.63, 3.8) is 0 Å². The quantitative estimate of drug-likeness (QED) is 0.252. The summed E-state index contributed by atoms with van der Waals surface area (Å²) >= 11 is 0. The highest BCUT2D eigenvalue weighted by Crippen LogP contribution is 2.29. The van der Waals surface area contributed by atoms with E-state index in [4.69, 9.17) is 18.9 Å². The predicted octanol–water partition coefficient (Wildman–Crippen LogP) is 5.94. The second-order valence-electron chi connectivity index (χ2n) is 7.72. The fourth-order valence-electron chi connectivity index (χ4n) is 3.53. The summed E-state index contributed by atoms with van der Waals surface area (Å²) in [6, 6.07) is 12.5. The average Bonchev–Trinajstić information content (AvgIpc) is 2.80. The third kappa shape index (κ3) is 8.45. The molecule has 0 atom stereocenters. The Balaban J connectivity index is 2.01.